The molecule has 100 valence electrons. The van der Waals surface area contributed by atoms with Crippen LogP contribution in [0, 0.1) is 17.0 Å². The standard InChI is InChI=1S/C11H10ClN3O3S/c1-7-9(4-5-12)19-11(14-7)13-6-8-2-3-10(18-8)15(16)17/h2-3,6H,4-5H2,1H3/b13-6+. The SMILES string of the molecule is Cc1nc(/N=C/c2ccc([N+](=O)[O-])o2)sc1CCCl. The summed E-state index contributed by atoms with van der Waals surface area (Å²) in [6.45, 7) is 1.90. The number of hydrogen-bond donors (Lipinski definition) is 0. The summed E-state index contributed by atoms with van der Waals surface area (Å²) in [6.07, 6.45) is 2.17. The Balaban J connectivity index is 2.13. The minimum atomic E-state index is -0.594. The van der Waals surface area contributed by atoms with Crippen LogP contribution in [0.4, 0.5) is 11.0 Å². The molecule has 0 fully saturated rings. The monoisotopic (exact) mass is 299 g/mol. The molecule has 0 atom stereocenters. The molecule has 0 aromatic carbocycles. The minimum Gasteiger partial charge on any atom is -0.400 e. The Morgan fingerprint density at radius 3 is 3.05 bits per heavy atom. The maximum atomic E-state index is 10.5. The smallest absolute Gasteiger partial charge is 0.400 e. The van der Waals surface area contributed by atoms with Gasteiger partial charge in [-0.3, -0.25) is 10.1 Å². The molecule has 2 rings (SSSR count). The van der Waals surface area contributed by atoms with Crippen molar-refractivity contribution in [3.8, 4) is 0 Å². The number of rotatable bonds is 5. The lowest BCUT2D eigenvalue weighted by molar-refractivity contribution is -0.402. The predicted octanol–water partition coefficient (Wildman–Crippen LogP) is 3.48. The number of aliphatic imine (C=N–C) groups is 1. The summed E-state index contributed by atoms with van der Waals surface area (Å²) in [5.74, 6) is 0.550. The van der Waals surface area contributed by atoms with Gasteiger partial charge in [0.2, 0.25) is 5.13 Å². The van der Waals surface area contributed by atoms with Gasteiger partial charge in [-0.15, -0.1) is 11.6 Å². The first kappa shape index (κ1) is 13.7. The topological polar surface area (TPSA) is 81.5 Å². The third kappa shape index (κ3) is 3.39. The number of nitrogens with zero attached hydrogens (tertiary/aromatic N) is 3. The number of alkyl halides is 1. The van der Waals surface area contributed by atoms with Crippen LogP contribution < -0.4 is 0 Å². The molecule has 0 radical (unpaired) electrons. The summed E-state index contributed by atoms with van der Waals surface area (Å²) < 4.78 is 4.96. The van der Waals surface area contributed by atoms with Crippen molar-refractivity contribution in [2.24, 2.45) is 4.99 Å². The zero-order valence-electron chi connectivity index (χ0n) is 10.00. The minimum absolute atomic E-state index is 0.306. The molecule has 0 N–H and O–H groups in total. The molecule has 0 aliphatic carbocycles. The van der Waals surface area contributed by atoms with Crippen molar-refractivity contribution in [1.29, 1.82) is 0 Å². The summed E-state index contributed by atoms with van der Waals surface area (Å²) in [4.78, 5) is 19.4. The van der Waals surface area contributed by atoms with Gasteiger partial charge in [-0.25, -0.2) is 9.98 Å². The molecular weight excluding hydrogens is 290 g/mol. The fraction of sp³-hybridized carbons (Fsp3) is 0.273. The molecule has 0 saturated heterocycles. The van der Waals surface area contributed by atoms with E-state index in [-0.39, 0.29) is 5.88 Å². The van der Waals surface area contributed by atoms with Crippen LogP contribution in [0.1, 0.15) is 16.3 Å². The van der Waals surface area contributed by atoms with Crippen molar-refractivity contribution in [3.63, 3.8) is 0 Å². The third-order valence-corrected chi connectivity index (χ3v) is 3.61. The lowest BCUT2D eigenvalue weighted by Crippen LogP contribution is -1.83. The molecule has 0 unspecified atom stereocenters. The van der Waals surface area contributed by atoms with Crippen LogP contribution in [0.25, 0.3) is 0 Å². The van der Waals surface area contributed by atoms with Gasteiger partial charge in [-0.2, -0.15) is 0 Å². The van der Waals surface area contributed by atoms with Crippen LogP contribution in [-0.4, -0.2) is 22.0 Å². The van der Waals surface area contributed by atoms with Crippen LogP contribution in [0.3, 0.4) is 0 Å². The number of halogens is 1. The van der Waals surface area contributed by atoms with Gasteiger partial charge in [0.15, 0.2) is 5.76 Å². The maximum absolute atomic E-state index is 10.5. The van der Waals surface area contributed by atoms with Gasteiger partial charge < -0.3 is 4.42 Å². The van der Waals surface area contributed by atoms with Gasteiger partial charge in [0.25, 0.3) is 0 Å². The number of nitro groups is 1. The average Bonchev–Trinajstić information content (AvgIpc) is 2.95. The molecule has 0 aliphatic rings. The second kappa shape index (κ2) is 5.94. The first-order valence-corrected chi connectivity index (χ1v) is 6.76. The quantitative estimate of drug-likeness (QED) is 0.366. The molecule has 8 heteroatoms. The number of hydrogen-bond acceptors (Lipinski definition) is 6. The third-order valence-electron chi connectivity index (χ3n) is 2.30. The lowest BCUT2D eigenvalue weighted by atomic mass is 10.3. The van der Waals surface area contributed by atoms with Crippen molar-refractivity contribution >= 4 is 40.2 Å². The first-order chi connectivity index (χ1) is 9.10. The van der Waals surface area contributed by atoms with E-state index in [9.17, 15) is 10.1 Å². The first-order valence-electron chi connectivity index (χ1n) is 5.40. The second-order valence-corrected chi connectivity index (χ2v) is 5.08. The highest BCUT2D eigenvalue weighted by Gasteiger charge is 2.10. The Bertz CT molecular complexity index is 620. The molecule has 2 aromatic rings. The zero-order chi connectivity index (χ0) is 13.8. The van der Waals surface area contributed by atoms with Crippen LogP contribution >= 0.6 is 22.9 Å². The van der Waals surface area contributed by atoms with E-state index in [4.69, 9.17) is 16.0 Å². The van der Waals surface area contributed by atoms with Gasteiger partial charge in [0.1, 0.15) is 4.92 Å². The normalized spacial score (nSPS) is 11.3. The average molecular weight is 300 g/mol. The van der Waals surface area contributed by atoms with E-state index in [0.29, 0.717) is 16.8 Å². The molecule has 0 spiro atoms. The molecule has 19 heavy (non-hydrogen) atoms. The second-order valence-electron chi connectivity index (χ2n) is 3.64. The highest BCUT2D eigenvalue weighted by Crippen LogP contribution is 2.26. The molecule has 2 aromatic heterocycles. The fourth-order valence-electron chi connectivity index (χ4n) is 1.41. The summed E-state index contributed by atoms with van der Waals surface area (Å²) in [5.41, 5.74) is 0.906. The van der Waals surface area contributed by atoms with E-state index in [1.165, 1.54) is 29.7 Å². The number of aryl methyl sites for hydroxylation is 2. The van der Waals surface area contributed by atoms with Crippen molar-refractivity contribution in [2.75, 3.05) is 5.88 Å². The number of aromatic nitrogens is 1. The Morgan fingerprint density at radius 2 is 2.42 bits per heavy atom. The number of furan rings is 1. The summed E-state index contributed by atoms with van der Waals surface area (Å²) in [7, 11) is 0. The van der Waals surface area contributed by atoms with E-state index in [1.807, 2.05) is 6.92 Å². The lowest BCUT2D eigenvalue weighted by Gasteiger charge is -1.89. The molecule has 6 nitrogen and oxygen atoms in total. The predicted molar refractivity (Wildman–Crippen MR) is 73.9 cm³/mol. The maximum Gasteiger partial charge on any atom is 0.433 e. The van der Waals surface area contributed by atoms with E-state index >= 15 is 0 Å². The van der Waals surface area contributed by atoms with Gasteiger partial charge >= 0.3 is 5.88 Å². The molecular formula is C11H10ClN3O3S. The van der Waals surface area contributed by atoms with Crippen molar-refractivity contribution in [2.45, 2.75) is 13.3 Å². The highest BCUT2D eigenvalue weighted by molar-refractivity contribution is 7.15. The van der Waals surface area contributed by atoms with E-state index in [0.717, 1.165) is 17.0 Å². The van der Waals surface area contributed by atoms with E-state index in [2.05, 4.69) is 9.98 Å². The molecule has 0 bridgehead atoms. The van der Waals surface area contributed by atoms with Crippen LogP contribution in [-0.2, 0) is 6.42 Å². The highest BCUT2D eigenvalue weighted by atomic mass is 35.5. The Morgan fingerprint density at radius 1 is 1.63 bits per heavy atom. The molecule has 2 heterocycles. The summed E-state index contributed by atoms with van der Waals surface area (Å²) in [5, 5.41) is 11.0. The molecule has 0 saturated carbocycles. The van der Waals surface area contributed by atoms with Gasteiger partial charge in [0.05, 0.1) is 18.0 Å². The zero-order valence-corrected chi connectivity index (χ0v) is 11.6. The molecule has 0 amide bonds. The summed E-state index contributed by atoms with van der Waals surface area (Å²) >= 11 is 7.13. The van der Waals surface area contributed by atoms with Crippen molar-refractivity contribution in [1.82, 2.24) is 4.98 Å². The fourth-order valence-corrected chi connectivity index (χ4v) is 2.62. The number of thiazole rings is 1. The van der Waals surface area contributed by atoms with Gasteiger partial charge in [0, 0.05) is 10.8 Å². The van der Waals surface area contributed by atoms with Crippen molar-refractivity contribution in [3.05, 3.63) is 38.6 Å². The van der Waals surface area contributed by atoms with Crippen molar-refractivity contribution < 1.29 is 9.34 Å². The Labute approximate surface area is 117 Å². The summed E-state index contributed by atoms with van der Waals surface area (Å²) in [6, 6.07) is 2.77. The van der Waals surface area contributed by atoms with E-state index < -0.39 is 4.92 Å². The largest absolute Gasteiger partial charge is 0.433 e. The Hall–Kier alpha value is -1.73. The van der Waals surface area contributed by atoms with Crippen LogP contribution in [0.2, 0.25) is 0 Å². The Kier molecular flexibility index (Phi) is 4.28. The van der Waals surface area contributed by atoms with Crippen LogP contribution in [0.15, 0.2) is 21.5 Å². The van der Waals surface area contributed by atoms with Crippen LogP contribution in [0.5, 0.6) is 0 Å². The van der Waals surface area contributed by atoms with E-state index in [1.54, 1.807) is 0 Å². The molecule has 0 aliphatic heterocycles. The van der Waals surface area contributed by atoms with Gasteiger partial charge in [-0.1, -0.05) is 11.3 Å². The van der Waals surface area contributed by atoms with Gasteiger partial charge in [-0.05, 0) is 19.4 Å².